The van der Waals surface area contributed by atoms with Crippen LogP contribution in [0.4, 0.5) is 15.9 Å². The Kier molecular flexibility index (Phi) is 7.39. The molecule has 0 radical (unpaired) electrons. The first-order chi connectivity index (χ1) is 22.5. The Morgan fingerprint density at radius 1 is 0.739 bits per heavy atom. The third-order valence-electron chi connectivity index (χ3n) is 8.88. The van der Waals surface area contributed by atoms with E-state index >= 15 is 4.39 Å². The van der Waals surface area contributed by atoms with E-state index in [1.165, 1.54) is 6.07 Å². The number of imidazole rings is 1. The Hall–Kier alpha value is -5.66. The highest BCUT2D eigenvalue weighted by molar-refractivity contribution is 6.17. The van der Waals surface area contributed by atoms with Crippen molar-refractivity contribution in [2.75, 3.05) is 4.90 Å². The zero-order chi connectivity index (χ0) is 31.7. The second kappa shape index (κ2) is 11.7. The minimum Gasteiger partial charge on any atom is -0.317 e. The number of aldehydes is 1. The normalized spacial score (nSPS) is 17.9. The first kappa shape index (κ1) is 29.1. The number of rotatable bonds is 7. The number of halogens is 1. The molecule has 46 heavy (non-hydrogen) atoms. The lowest BCUT2D eigenvalue weighted by atomic mass is 9.77. The third-order valence-corrected chi connectivity index (χ3v) is 8.88. The molecule has 0 saturated heterocycles. The summed E-state index contributed by atoms with van der Waals surface area (Å²) < 4.78 is 17.3. The maximum Gasteiger partial charge on any atom is 0.152 e. The maximum atomic E-state index is 15.2. The first-order valence-corrected chi connectivity index (χ1v) is 15.1. The Morgan fingerprint density at radius 3 is 1.78 bits per heavy atom. The summed E-state index contributed by atoms with van der Waals surface area (Å²) in [6.07, 6.45) is 3.51. The largest absolute Gasteiger partial charge is 0.317 e. The SMILES string of the molecule is CC1(C=O)[C@H](N)N=C(c2ccccc2F)c2ccccc2N1c1cn(C(c2ccccc2)(c2ccccc2)c2ccccc2)cn1. The number of hydrogen-bond acceptors (Lipinski definition) is 5. The molecular weight excluding hydrogens is 573 g/mol. The van der Waals surface area contributed by atoms with E-state index in [0.29, 0.717) is 28.3 Å². The van der Waals surface area contributed by atoms with Crippen molar-refractivity contribution in [3.8, 4) is 0 Å². The number of carbonyl (C=O) groups excluding carboxylic acids is 1. The Labute approximate surface area is 267 Å². The molecule has 2 N–H and O–H groups in total. The van der Waals surface area contributed by atoms with Crippen molar-refractivity contribution in [3.63, 3.8) is 0 Å². The lowest BCUT2D eigenvalue weighted by molar-refractivity contribution is -0.112. The van der Waals surface area contributed by atoms with Crippen LogP contribution < -0.4 is 10.6 Å². The van der Waals surface area contributed by atoms with Crippen molar-refractivity contribution in [1.29, 1.82) is 0 Å². The van der Waals surface area contributed by atoms with Gasteiger partial charge in [0.05, 0.1) is 17.7 Å². The second-order valence-corrected chi connectivity index (χ2v) is 11.5. The number of nitrogens with zero attached hydrogens (tertiary/aromatic N) is 4. The molecule has 5 aromatic carbocycles. The molecule has 6 aromatic rings. The Morgan fingerprint density at radius 2 is 1.24 bits per heavy atom. The van der Waals surface area contributed by atoms with Gasteiger partial charge in [0.1, 0.15) is 29.3 Å². The van der Waals surface area contributed by atoms with Crippen LogP contribution in [-0.4, -0.2) is 33.3 Å². The number of aliphatic imine (C=N–C) groups is 1. The van der Waals surface area contributed by atoms with Crippen LogP contribution in [0.3, 0.4) is 0 Å². The summed E-state index contributed by atoms with van der Waals surface area (Å²) in [5.41, 5.74) is 9.66. The average Bonchev–Trinajstić information content (AvgIpc) is 3.56. The second-order valence-electron chi connectivity index (χ2n) is 11.5. The molecule has 1 unspecified atom stereocenters. The minimum absolute atomic E-state index is 0.308. The van der Waals surface area contributed by atoms with Gasteiger partial charge < -0.3 is 20.0 Å². The zero-order valence-corrected chi connectivity index (χ0v) is 25.2. The van der Waals surface area contributed by atoms with Gasteiger partial charge in [0.15, 0.2) is 5.82 Å². The van der Waals surface area contributed by atoms with E-state index in [2.05, 4.69) is 41.0 Å². The van der Waals surface area contributed by atoms with Crippen LogP contribution in [-0.2, 0) is 10.3 Å². The fourth-order valence-electron chi connectivity index (χ4n) is 6.56. The monoisotopic (exact) mass is 605 g/mol. The van der Waals surface area contributed by atoms with Gasteiger partial charge in [-0.3, -0.25) is 4.99 Å². The number of hydrogen-bond donors (Lipinski definition) is 1. The fraction of sp³-hybridized carbons (Fsp3) is 0.103. The summed E-state index contributed by atoms with van der Waals surface area (Å²) in [4.78, 5) is 24.7. The lowest BCUT2D eigenvalue weighted by Gasteiger charge is -2.39. The first-order valence-electron chi connectivity index (χ1n) is 15.1. The lowest BCUT2D eigenvalue weighted by Crippen LogP contribution is -2.57. The van der Waals surface area contributed by atoms with Crippen LogP contribution in [0, 0.1) is 5.82 Å². The summed E-state index contributed by atoms with van der Waals surface area (Å²) in [5, 5.41) is 0. The molecule has 1 aromatic heterocycles. The summed E-state index contributed by atoms with van der Waals surface area (Å²) in [7, 11) is 0. The van der Waals surface area contributed by atoms with Gasteiger partial charge in [-0.1, -0.05) is 121 Å². The summed E-state index contributed by atoms with van der Waals surface area (Å²) >= 11 is 0. The molecule has 1 aliphatic heterocycles. The Balaban J connectivity index is 1.49. The maximum absolute atomic E-state index is 15.2. The summed E-state index contributed by atoms with van der Waals surface area (Å²) in [6.45, 7) is 1.74. The van der Waals surface area contributed by atoms with E-state index < -0.39 is 23.1 Å². The fourth-order valence-corrected chi connectivity index (χ4v) is 6.56. The van der Waals surface area contributed by atoms with E-state index in [1.54, 1.807) is 31.5 Å². The number of carbonyl (C=O) groups is 1. The molecule has 7 heteroatoms. The molecular formula is C39H32FN5O. The molecule has 2 atom stereocenters. The number of fused-ring (bicyclic) bond motifs is 1. The molecule has 0 amide bonds. The molecule has 6 nitrogen and oxygen atoms in total. The van der Waals surface area contributed by atoms with Gasteiger partial charge in [0, 0.05) is 17.3 Å². The van der Waals surface area contributed by atoms with Crippen LogP contribution in [0.5, 0.6) is 0 Å². The van der Waals surface area contributed by atoms with Gasteiger partial charge in [0.25, 0.3) is 0 Å². The smallest absolute Gasteiger partial charge is 0.152 e. The van der Waals surface area contributed by atoms with E-state index in [4.69, 9.17) is 15.7 Å². The van der Waals surface area contributed by atoms with Crippen molar-refractivity contribution in [3.05, 3.63) is 186 Å². The summed E-state index contributed by atoms with van der Waals surface area (Å²) in [5.74, 6) is 0.0711. The highest BCUT2D eigenvalue weighted by Gasteiger charge is 2.45. The van der Waals surface area contributed by atoms with Crippen molar-refractivity contribution in [1.82, 2.24) is 9.55 Å². The van der Waals surface area contributed by atoms with Gasteiger partial charge in [-0.2, -0.15) is 0 Å². The van der Waals surface area contributed by atoms with Gasteiger partial charge in [0.2, 0.25) is 0 Å². The number of benzodiazepines with no additional fused rings is 1. The predicted octanol–water partition coefficient (Wildman–Crippen LogP) is 7.09. The number of benzene rings is 5. The van der Waals surface area contributed by atoms with Gasteiger partial charge in [-0.25, -0.2) is 9.37 Å². The van der Waals surface area contributed by atoms with Gasteiger partial charge in [-0.05, 0) is 41.8 Å². The van der Waals surface area contributed by atoms with E-state index in [0.717, 1.165) is 23.0 Å². The highest BCUT2D eigenvalue weighted by atomic mass is 19.1. The number of aromatic nitrogens is 2. The van der Waals surface area contributed by atoms with Crippen LogP contribution in [0.15, 0.2) is 157 Å². The Bertz CT molecular complexity index is 1930. The van der Waals surface area contributed by atoms with Gasteiger partial charge in [-0.15, -0.1) is 0 Å². The third kappa shape index (κ3) is 4.55. The summed E-state index contributed by atoms with van der Waals surface area (Å²) in [6, 6.07) is 44.8. The number of para-hydroxylation sites is 1. The highest BCUT2D eigenvalue weighted by Crippen LogP contribution is 2.44. The molecule has 0 aliphatic carbocycles. The molecule has 1 aliphatic rings. The number of nitrogens with two attached hydrogens (primary N) is 1. The molecule has 0 fully saturated rings. The van der Waals surface area contributed by atoms with Crippen LogP contribution >= 0.6 is 0 Å². The van der Waals surface area contributed by atoms with Crippen LogP contribution in [0.1, 0.15) is 34.7 Å². The zero-order valence-electron chi connectivity index (χ0n) is 25.2. The molecule has 7 rings (SSSR count). The van der Waals surface area contributed by atoms with E-state index in [1.807, 2.05) is 90.0 Å². The van der Waals surface area contributed by atoms with Gasteiger partial charge >= 0.3 is 0 Å². The minimum atomic E-state index is -1.36. The molecule has 2 heterocycles. The molecule has 0 bridgehead atoms. The van der Waals surface area contributed by atoms with Crippen molar-refractivity contribution in [2.24, 2.45) is 10.7 Å². The van der Waals surface area contributed by atoms with Crippen LogP contribution in [0.2, 0.25) is 0 Å². The topological polar surface area (TPSA) is 76.5 Å². The molecule has 0 spiro atoms. The molecule has 0 saturated carbocycles. The molecule has 226 valence electrons. The average molecular weight is 606 g/mol. The van der Waals surface area contributed by atoms with Crippen LogP contribution in [0.25, 0.3) is 0 Å². The number of anilines is 2. The van der Waals surface area contributed by atoms with Crippen molar-refractivity contribution >= 4 is 23.5 Å². The quantitative estimate of drug-likeness (QED) is 0.156. The standard InChI is InChI=1S/C39H32FN5O/c1-38(26-46)37(41)43-36(31-21-11-13-23-33(31)40)32-22-12-14-24-34(32)45(38)35-25-44(27-42-35)39(28-15-5-2-6-16-28,29-17-7-3-8-18-29)30-19-9-4-10-20-30/h2-27,37H,41H2,1H3/t37-,38?/m1/s1. The van der Waals surface area contributed by atoms with Crippen molar-refractivity contribution in [2.45, 2.75) is 24.2 Å². The van der Waals surface area contributed by atoms with Crippen molar-refractivity contribution < 1.29 is 9.18 Å². The van der Waals surface area contributed by atoms with E-state index in [9.17, 15) is 4.79 Å². The predicted molar refractivity (Wildman–Crippen MR) is 180 cm³/mol. The van der Waals surface area contributed by atoms with E-state index in [-0.39, 0.29) is 0 Å².